The lowest BCUT2D eigenvalue weighted by molar-refractivity contribution is 0.0285. The molecule has 1 rings (SSSR count). The third-order valence-corrected chi connectivity index (χ3v) is 1.93. The lowest BCUT2D eigenvalue weighted by Gasteiger charge is -2.17. The Kier molecular flexibility index (Phi) is 3.33. The van der Waals surface area contributed by atoms with Gasteiger partial charge in [0, 0.05) is 4.47 Å². The number of ether oxygens (including phenoxy) is 1. The molecule has 0 spiro atoms. The fourth-order valence-corrected chi connectivity index (χ4v) is 1.06. The summed E-state index contributed by atoms with van der Waals surface area (Å²) < 4.78 is 6.37. The van der Waals surface area contributed by atoms with Crippen molar-refractivity contribution in [2.75, 3.05) is 6.61 Å². The van der Waals surface area contributed by atoms with Crippen LogP contribution in [0.4, 0.5) is 0 Å². The second-order valence-electron chi connectivity index (χ2n) is 3.56. The molecule has 0 aromatic heterocycles. The molecular formula is C10H13BrO2. The van der Waals surface area contributed by atoms with Gasteiger partial charge in [-0.3, -0.25) is 0 Å². The smallest absolute Gasteiger partial charge is 0.119 e. The Balaban J connectivity index is 2.51. The van der Waals surface area contributed by atoms with Gasteiger partial charge in [0.1, 0.15) is 12.4 Å². The molecule has 0 atom stereocenters. The SMILES string of the molecule is CC(C)(O)COc1ccc(Br)cc1. The molecule has 1 N–H and O–H groups in total. The minimum absolute atomic E-state index is 0.300. The van der Waals surface area contributed by atoms with Gasteiger partial charge in [0.2, 0.25) is 0 Å². The van der Waals surface area contributed by atoms with Crippen LogP contribution in [0.2, 0.25) is 0 Å². The fraction of sp³-hybridized carbons (Fsp3) is 0.400. The molecule has 0 bridgehead atoms. The number of benzene rings is 1. The standard InChI is InChI=1S/C10H13BrO2/c1-10(2,12)7-13-9-5-3-8(11)4-6-9/h3-6,12H,7H2,1-2H3. The van der Waals surface area contributed by atoms with Gasteiger partial charge in [0.05, 0.1) is 5.60 Å². The summed E-state index contributed by atoms with van der Waals surface area (Å²) in [5.41, 5.74) is -0.785. The van der Waals surface area contributed by atoms with Crippen LogP contribution in [0.3, 0.4) is 0 Å². The van der Waals surface area contributed by atoms with Crippen molar-refractivity contribution in [2.45, 2.75) is 19.4 Å². The fourth-order valence-electron chi connectivity index (χ4n) is 0.791. The molecule has 13 heavy (non-hydrogen) atoms. The molecule has 0 saturated heterocycles. The molecule has 0 heterocycles. The Bertz CT molecular complexity index is 261. The first-order valence-electron chi connectivity index (χ1n) is 4.08. The third-order valence-electron chi connectivity index (χ3n) is 1.41. The van der Waals surface area contributed by atoms with E-state index in [4.69, 9.17) is 4.74 Å². The van der Waals surface area contributed by atoms with Crippen LogP contribution in [-0.2, 0) is 0 Å². The summed E-state index contributed by atoms with van der Waals surface area (Å²) in [5, 5.41) is 9.40. The first kappa shape index (κ1) is 10.5. The number of rotatable bonds is 3. The maximum atomic E-state index is 9.40. The zero-order chi connectivity index (χ0) is 9.90. The number of hydrogen-bond donors (Lipinski definition) is 1. The molecule has 0 saturated carbocycles. The largest absolute Gasteiger partial charge is 0.491 e. The van der Waals surface area contributed by atoms with Gasteiger partial charge in [0.25, 0.3) is 0 Å². The highest BCUT2D eigenvalue weighted by Crippen LogP contribution is 2.17. The van der Waals surface area contributed by atoms with Crippen LogP contribution in [0.15, 0.2) is 28.7 Å². The molecule has 0 aliphatic carbocycles. The van der Waals surface area contributed by atoms with Crippen molar-refractivity contribution in [1.82, 2.24) is 0 Å². The molecule has 0 aliphatic heterocycles. The number of hydrogen-bond acceptors (Lipinski definition) is 2. The summed E-state index contributed by atoms with van der Waals surface area (Å²) in [6, 6.07) is 7.52. The van der Waals surface area contributed by atoms with Crippen molar-refractivity contribution < 1.29 is 9.84 Å². The van der Waals surface area contributed by atoms with E-state index in [0.717, 1.165) is 10.2 Å². The molecule has 2 nitrogen and oxygen atoms in total. The minimum Gasteiger partial charge on any atom is -0.491 e. The molecule has 0 aliphatic rings. The van der Waals surface area contributed by atoms with Crippen LogP contribution in [0.1, 0.15) is 13.8 Å². The van der Waals surface area contributed by atoms with Gasteiger partial charge in [-0.25, -0.2) is 0 Å². The monoisotopic (exact) mass is 244 g/mol. The first-order valence-corrected chi connectivity index (χ1v) is 4.87. The van der Waals surface area contributed by atoms with E-state index in [2.05, 4.69) is 15.9 Å². The Labute approximate surface area is 86.7 Å². The summed E-state index contributed by atoms with van der Waals surface area (Å²) >= 11 is 3.33. The molecule has 0 amide bonds. The topological polar surface area (TPSA) is 29.5 Å². The molecule has 0 fully saturated rings. The van der Waals surface area contributed by atoms with Gasteiger partial charge in [0.15, 0.2) is 0 Å². The Morgan fingerprint density at radius 3 is 2.31 bits per heavy atom. The van der Waals surface area contributed by atoms with Crippen LogP contribution < -0.4 is 4.74 Å². The van der Waals surface area contributed by atoms with E-state index in [-0.39, 0.29) is 0 Å². The Morgan fingerprint density at radius 2 is 1.85 bits per heavy atom. The number of halogens is 1. The Morgan fingerprint density at radius 1 is 1.31 bits per heavy atom. The van der Waals surface area contributed by atoms with E-state index in [1.807, 2.05) is 24.3 Å². The van der Waals surface area contributed by atoms with Crippen LogP contribution >= 0.6 is 15.9 Å². The van der Waals surface area contributed by atoms with E-state index < -0.39 is 5.60 Å². The summed E-state index contributed by atoms with van der Waals surface area (Å²) in [4.78, 5) is 0. The van der Waals surface area contributed by atoms with Gasteiger partial charge in [-0.05, 0) is 38.1 Å². The molecule has 0 radical (unpaired) electrons. The molecule has 72 valence electrons. The van der Waals surface area contributed by atoms with Gasteiger partial charge >= 0.3 is 0 Å². The van der Waals surface area contributed by atoms with Crippen LogP contribution in [0.5, 0.6) is 5.75 Å². The van der Waals surface area contributed by atoms with Gasteiger partial charge < -0.3 is 9.84 Å². The predicted octanol–water partition coefficient (Wildman–Crippen LogP) is 2.60. The van der Waals surface area contributed by atoms with Crippen molar-refractivity contribution in [2.24, 2.45) is 0 Å². The number of aliphatic hydroxyl groups is 1. The average Bonchev–Trinajstić information content (AvgIpc) is 2.02. The second-order valence-corrected chi connectivity index (χ2v) is 4.47. The quantitative estimate of drug-likeness (QED) is 0.886. The first-order chi connectivity index (χ1) is 5.97. The molecule has 1 aromatic carbocycles. The maximum Gasteiger partial charge on any atom is 0.119 e. The van der Waals surface area contributed by atoms with Crippen molar-refractivity contribution in [3.63, 3.8) is 0 Å². The highest BCUT2D eigenvalue weighted by molar-refractivity contribution is 9.10. The summed E-state index contributed by atoms with van der Waals surface area (Å²) in [6.07, 6.45) is 0. The zero-order valence-corrected chi connectivity index (χ0v) is 9.34. The van der Waals surface area contributed by atoms with Gasteiger partial charge in [-0.15, -0.1) is 0 Å². The second kappa shape index (κ2) is 4.11. The predicted molar refractivity (Wildman–Crippen MR) is 55.9 cm³/mol. The average molecular weight is 245 g/mol. The van der Waals surface area contributed by atoms with E-state index in [1.165, 1.54) is 0 Å². The van der Waals surface area contributed by atoms with Gasteiger partial charge in [-0.1, -0.05) is 15.9 Å². The highest BCUT2D eigenvalue weighted by atomic mass is 79.9. The lowest BCUT2D eigenvalue weighted by Crippen LogP contribution is -2.27. The van der Waals surface area contributed by atoms with Crippen LogP contribution in [0, 0.1) is 0 Å². The zero-order valence-electron chi connectivity index (χ0n) is 7.75. The minimum atomic E-state index is -0.785. The van der Waals surface area contributed by atoms with E-state index in [0.29, 0.717) is 6.61 Å². The van der Waals surface area contributed by atoms with Crippen molar-refractivity contribution >= 4 is 15.9 Å². The van der Waals surface area contributed by atoms with Crippen molar-refractivity contribution in [3.05, 3.63) is 28.7 Å². The highest BCUT2D eigenvalue weighted by Gasteiger charge is 2.12. The Hall–Kier alpha value is -0.540. The van der Waals surface area contributed by atoms with E-state index >= 15 is 0 Å². The van der Waals surface area contributed by atoms with Crippen LogP contribution in [0.25, 0.3) is 0 Å². The summed E-state index contributed by atoms with van der Waals surface area (Å²) in [5.74, 6) is 0.769. The summed E-state index contributed by atoms with van der Waals surface area (Å²) in [7, 11) is 0. The third kappa shape index (κ3) is 4.29. The van der Waals surface area contributed by atoms with E-state index in [9.17, 15) is 5.11 Å². The van der Waals surface area contributed by atoms with Gasteiger partial charge in [-0.2, -0.15) is 0 Å². The molecule has 0 unspecified atom stereocenters. The lowest BCUT2D eigenvalue weighted by atomic mass is 10.2. The summed E-state index contributed by atoms with van der Waals surface area (Å²) in [6.45, 7) is 3.73. The normalized spacial score (nSPS) is 11.4. The van der Waals surface area contributed by atoms with Crippen molar-refractivity contribution in [1.29, 1.82) is 0 Å². The molecular weight excluding hydrogens is 232 g/mol. The van der Waals surface area contributed by atoms with E-state index in [1.54, 1.807) is 13.8 Å². The molecule has 3 heteroatoms. The van der Waals surface area contributed by atoms with Crippen LogP contribution in [-0.4, -0.2) is 17.3 Å². The maximum absolute atomic E-state index is 9.40. The molecule has 1 aromatic rings. The van der Waals surface area contributed by atoms with Crippen molar-refractivity contribution in [3.8, 4) is 5.75 Å².